The normalized spacial score (nSPS) is 14.9. The van der Waals surface area contributed by atoms with E-state index in [0.29, 0.717) is 6.42 Å². The van der Waals surface area contributed by atoms with Gasteiger partial charge in [-0.1, -0.05) is 30.3 Å². The number of carbonyl (C=O) groups is 1. The number of benzene rings is 1. The fourth-order valence-electron chi connectivity index (χ4n) is 1.55. The summed E-state index contributed by atoms with van der Waals surface area (Å²) in [5, 5.41) is 8.80. The van der Waals surface area contributed by atoms with Crippen molar-refractivity contribution in [2.45, 2.75) is 44.4 Å². The van der Waals surface area contributed by atoms with Crippen molar-refractivity contribution in [2.24, 2.45) is 0 Å². The van der Waals surface area contributed by atoms with Crippen molar-refractivity contribution in [3.8, 4) is 0 Å². The van der Waals surface area contributed by atoms with Crippen LogP contribution in [0.5, 0.6) is 0 Å². The number of carboxylic acid groups (broad SMARTS) is 1. The summed E-state index contributed by atoms with van der Waals surface area (Å²) in [7, 11) is -1.23. The summed E-state index contributed by atoms with van der Waals surface area (Å²) in [6.07, 6.45) is 0.467. The summed E-state index contributed by atoms with van der Waals surface area (Å²) < 4.78 is 14.8. The molecule has 0 aromatic heterocycles. The van der Waals surface area contributed by atoms with E-state index in [0.717, 1.165) is 5.56 Å². The van der Waals surface area contributed by atoms with Crippen LogP contribution in [0.4, 0.5) is 0 Å². The first kappa shape index (κ1) is 15.9. The molecule has 0 unspecified atom stereocenters. The van der Waals surface area contributed by atoms with Crippen LogP contribution in [0.2, 0.25) is 0 Å². The van der Waals surface area contributed by atoms with E-state index in [1.807, 2.05) is 51.1 Å². The Labute approximate surface area is 116 Å². The summed E-state index contributed by atoms with van der Waals surface area (Å²) in [6, 6.07) is 9.31. The van der Waals surface area contributed by atoms with Crippen LogP contribution in [-0.2, 0) is 15.8 Å². The van der Waals surface area contributed by atoms with Gasteiger partial charge in [0.25, 0.3) is 0 Å². The zero-order valence-electron chi connectivity index (χ0n) is 11.6. The molecule has 0 amide bonds. The predicted molar refractivity (Wildman–Crippen MR) is 77.1 cm³/mol. The van der Waals surface area contributed by atoms with Gasteiger partial charge in [-0.15, -0.1) is 0 Å². The molecule has 0 spiro atoms. The van der Waals surface area contributed by atoms with Crippen LogP contribution in [0.15, 0.2) is 30.3 Å². The second-order valence-electron chi connectivity index (χ2n) is 5.39. The number of rotatable bonds is 6. The highest BCUT2D eigenvalue weighted by Gasteiger charge is 2.23. The smallest absolute Gasteiger partial charge is 0.303 e. The number of hydrogen-bond donors (Lipinski definition) is 2. The third-order valence-corrected chi connectivity index (χ3v) is 4.27. The minimum Gasteiger partial charge on any atom is -0.481 e. The number of aliphatic carboxylic acids is 1. The van der Waals surface area contributed by atoms with Gasteiger partial charge < -0.3 is 5.11 Å². The third kappa shape index (κ3) is 5.53. The van der Waals surface area contributed by atoms with E-state index in [2.05, 4.69) is 4.72 Å². The standard InChI is InChI=1S/C14H21NO3S/c1-14(2,3)19(18)15-12(9-10-13(16)17)11-7-5-4-6-8-11/h4-8,12,15H,9-10H2,1-3H3,(H,16,17)/t12-,19+/m0/s1. The van der Waals surface area contributed by atoms with Crippen LogP contribution >= 0.6 is 0 Å². The van der Waals surface area contributed by atoms with Crippen LogP contribution in [0.25, 0.3) is 0 Å². The molecule has 0 aliphatic rings. The van der Waals surface area contributed by atoms with Crippen molar-refractivity contribution in [1.82, 2.24) is 4.72 Å². The van der Waals surface area contributed by atoms with Gasteiger partial charge >= 0.3 is 5.97 Å². The second-order valence-corrected chi connectivity index (χ2v) is 7.39. The molecule has 2 atom stereocenters. The Morgan fingerprint density at radius 2 is 1.89 bits per heavy atom. The lowest BCUT2D eigenvalue weighted by atomic mass is 10.0. The maximum absolute atomic E-state index is 12.1. The van der Waals surface area contributed by atoms with E-state index >= 15 is 0 Å². The average molecular weight is 283 g/mol. The zero-order valence-corrected chi connectivity index (χ0v) is 12.4. The lowest BCUT2D eigenvalue weighted by molar-refractivity contribution is -0.137. The van der Waals surface area contributed by atoms with Gasteiger partial charge in [-0.2, -0.15) is 0 Å². The molecule has 0 aliphatic heterocycles. The zero-order chi connectivity index (χ0) is 14.5. The first-order valence-electron chi connectivity index (χ1n) is 6.25. The molecule has 0 aliphatic carbocycles. The van der Waals surface area contributed by atoms with E-state index in [4.69, 9.17) is 5.11 Å². The van der Waals surface area contributed by atoms with Gasteiger partial charge in [0, 0.05) is 12.5 Å². The van der Waals surface area contributed by atoms with Gasteiger partial charge in [0.2, 0.25) is 0 Å². The molecule has 4 nitrogen and oxygen atoms in total. The first-order valence-corrected chi connectivity index (χ1v) is 7.40. The first-order chi connectivity index (χ1) is 8.80. The molecular weight excluding hydrogens is 262 g/mol. The van der Waals surface area contributed by atoms with Crippen LogP contribution < -0.4 is 4.72 Å². The highest BCUT2D eigenvalue weighted by Crippen LogP contribution is 2.21. The van der Waals surface area contributed by atoms with Crippen molar-refractivity contribution in [1.29, 1.82) is 0 Å². The highest BCUT2D eigenvalue weighted by molar-refractivity contribution is 7.84. The summed E-state index contributed by atoms with van der Waals surface area (Å²) in [5.41, 5.74) is 0.960. The highest BCUT2D eigenvalue weighted by atomic mass is 32.2. The van der Waals surface area contributed by atoms with Gasteiger partial charge in [-0.05, 0) is 32.8 Å². The topological polar surface area (TPSA) is 66.4 Å². The van der Waals surface area contributed by atoms with E-state index < -0.39 is 17.0 Å². The molecule has 0 saturated heterocycles. The molecule has 5 heteroatoms. The summed E-state index contributed by atoms with van der Waals surface area (Å²) in [6.45, 7) is 5.65. The molecule has 0 heterocycles. The Morgan fingerprint density at radius 1 is 1.32 bits per heavy atom. The summed E-state index contributed by atoms with van der Waals surface area (Å²) in [5.74, 6) is -0.843. The number of nitrogens with one attached hydrogen (secondary N) is 1. The molecule has 19 heavy (non-hydrogen) atoms. The fraction of sp³-hybridized carbons (Fsp3) is 0.500. The van der Waals surface area contributed by atoms with Crippen LogP contribution in [-0.4, -0.2) is 20.0 Å². The van der Waals surface area contributed by atoms with Crippen molar-refractivity contribution in [3.63, 3.8) is 0 Å². The van der Waals surface area contributed by atoms with Crippen LogP contribution in [0.3, 0.4) is 0 Å². The Kier molecular flexibility index (Phi) is 5.69. The summed E-state index contributed by atoms with van der Waals surface area (Å²) >= 11 is 0. The summed E-state index contributed by atoms with van der Waals surface area (Å²) in [4.78, 5) is 10.7. The molecule has 0 radical (unpaired) electrons. The quantitative estimate of drug-likeness (QED) is 0.843. The Morgan fingerprint density at radius 3 is 2.37 bits per heavy atom. The van der Waals surface area contributed by atoms with Gasteiger partial charge in [0.15, 0.2) is 0 Å². The fourth-order valence-corrected chi connectivity index (χ4v) is 2.42. The Bertz CT molecular complexity index is 440. The number of carboxylic acids is 1. The molecule has 0 fully saturated rings. The number of hydrogen-bond acceptors (Lipinski definition) is 2. The van der Waals surface area contributed by atoms with Crippen molar-refractivity contribution < 1.29 is 14.1 Å². The monoisotopic (exact) mass is 283 g/mol. The molecular formula is C14H21NO3S. The molecule has 2 N–H and O–H groups in total. The maximum atomic E-state index is 12.1. The van der Waals surface area contributed by atoms with Crippen molar-refractivity contribution in [2.75, 3.05) is 0 Å². The third-order valence-electron chi connectivity index (χ3n) is 2.65. The minimum atomic E-state index is -1.23. The molecule has 1 rings (SSSR count). The molecule has 106 valence electrons. The van der Waals surface area contributed by atoms with Crippen LogP contribution in [0, 0.1) is 0 Å². The lowest BCUT2D eigenvalue weighted by Crippen LogP contribution is -2.36. The van der Waals surface area contributed by atoms with Gasteiger partial charge in [0.05, 0.1) is 15.7 Å². The molecule has 0 saturated carbocycles. The average Bonchev–Trinajstić information content (AvgIpc) is 2.33. The van der Waals surface area contributed by atoms with Crippen LogP contribution in [0.1, 0.15) is 45.2 Å². The van der Waals surface area contributed by atoms with E-state index in [1.54, 1.807) is 0 Å². The van der Waals surface area contributed by atoms with Gasteiger partial charge in [-0.3, -0.25) is 4.79 Å². The van der Waals surface area contributed by atoms with Crippen molar-refractivity contribution in [3.05, 3.63) is 35.9 Å². The lowest BCUT2D eigenvalue weighted by Gasteiger charge is -2.24. The molecule has 1 aromatic carbocycles. The predicted octanol–water partition coefficient (Wildman–Crippen LogP) is 2.64. The van der Waals surface area contributed by atoms with Crippen molar-refractivity contribution >= 4 is 17.0 Å². The minimum absolute atomic E-state index is 0.0495. The van der Waals surface area contributed by atoms with Gasteiger partial charge in [0.1, 0.15) is 0 Å². The Balaban J connectivity index is 2.81. The Hall–Kier alpha value is -1.20. The van der Waals surface area contributed by atoms with E-state index in [1.165, 1.54) is 0 Å². The largest absolute Gasteiger partial charge is 0.481 e. The van der Waals surface area contributed by atoms with E-state index in [-0.39, 0.29) is 17.2 Å². The second kappa shape index (κ2) is 6.82. The molecule has 1 aromatic rings. The molecule has 0 bridgehead atoms. The van der Waals surface area contributed by atoms with Gasteiger partial charge in [-0.25, -0.2) is 8.93 Å². The maximum Gasteiger partial charge on any atom is 0.303 e. The van der Waals surface area contributed by atoms with E-state index in [9.17, 15) is 9.00 Å². The SMILES string of the molecule is CC(C)(C)[S@@](=O)N[C@@H](CCC(=O)O)c1ccccc1.